The van der Waals surface area contributed by atoms with E-state index in [9.17, 15) is 19.5 Å². The first-order valence-corrected chi connectivity index (χ1v) is 11.1. The van der Waals surface area contributed by atoms with Crippen LogP contribution in [-0.2, 0) is 20.8 Å². The summed E-state index contributed by atoms with van der Waals surface area (Å²) >= 11 is 0. The van der Waals surface area contributed by atoms with Gasteiger partial charge in [-0.3, -0.25) is 9.59 Å². The van der Waals surface area contributed by atoms with Crippen molar-refractivity contribution in [2.75, 3.05) is 6.54 Å². The van der Waals surface area contributed by atoms with Crippen LogP contribution >= 0.6 is 0 Å². The summed E-state index contributed by atoms with van der Waals surface area (Å²) in [5.41, 5.74) is 0.307. The monoisotopic (exact) mass is 413 g/mol. The molecule has 4 fully saturated rings. The zero-order valence-electron chi connectivity index (χ0n) is 17.2. The normalized spacial score (nSPS) is 31.1. The van der Waals surface area contributed by atoms with Crippen LogP contribution in [0.15, 0.2) is 30.3 Å². The van der Waals surface area contributed by atoms with Gasteiger partial charge < -0.3 is 21.1 Å². The Morgan fingerprint density at radius 2 is 1.83 bits per heavy atom. The summed E-state index contributed by atoms with van der Waals surface area (Å²) in [6.07, 6.45) is 6.33. The Kier molecular flexibility index (Phi) is 6.09. The second kappa shape index (κ2) is 8.76. The van der Waals surface area contributed by atoms with Crippen molar-refractivity contribution in [1.82, 2.24) is 16.0 Å². The van der Waals surface area contributed by atoms with E-state index in [0.717, 1.165) is 50.6 Å². The molecule has 3 atom stereocenters. The number of amides is 2. The second-order valence-corrected chi connectivity index (χ2v) is 9.12. The molecule has 0 radical (unpaired) electrons. The molecule has 3 saturated carbocycles. The lowest BCUT2D eigenvalue weighted by Crippen LogP contribution is -2.65. The van der Waals surface area contributed by atoms with E-state index in [4.69, 9.17) is 0 Å². The fraction of sp³-hybridized carbons (Fsp3) is 0.609. The number of rotatable bonds is 7. The van der Waals surface area contributed by atoms with Crippen molar-refractivity contribution < 1.29 is 19.5 Å². The number of carboxylic acid groups (broad SMARTS) is 1. The lowest BCUT2D eigenvalue weighted by Gasteiger charge is -2.52. The fourth-order valence-electron chi connectivity index (χ4n) is 5.47. The summed E-state index contributed by atoms with van der Waals surface area (Å²) in [5, 5.41) is 18.9. The first-order chi connectivity index (χ1) is 14.5. The highest BCUT2D eigenvalue weighted by Gasteiger charge is 2.52. The average Bonchev–Trinajstić information content (AvgIpc) is 3.29. The third-order valence-electron chi connectivity index (χ3n) is 7.20. The van der Waals surface area contributed by atoms with Crippen LogP contribution in [0.3, 0.4) is 0 Å². The molecule has 2 amide bonds. The van der Waals surface area contributed by atoms with Crippen LogP contribution in [0, 0.1) is 11.8 Å². The molecule has 1 heterocycles. The zero-order chi connectivity index (χ0) is 21.1. The molecule has 7 nitrogen and oxygen atoms in total. The quantitative estimate of drug-likeness (QED) is 0.543. The Hall–Kier alpha value is -2.41. The molecule has 1 aliphatic heterocycles. The van der Waals surface area contributed by atoms with Gasteiger partial charge in [-0.25, -0.2) is 4.79 Å². The van der Waals surface area contributed by atoms with Crippen molar-refractivity contribution in [3.8, 4) is 0 Å². The van der Waals surface area contributed by atoms with Gasteiger partial charge in [0.05, 0.1) is 17.5 Å². The molecule has 2 bridgehead atoms. The molecule has 5 rings (SSSR count). The van der Waals surface area contributed by atoms with Crippen LogP contribution < -0.4 is 16.0 Å². The molecule has 0 spiro atoms. The van der Waals surface area contributed by atoms with Gasteiger partial charge in [-0.05, 0) is 63.0 Å². The molecule has 1 aromatic rings. The highest BCUT2D eigenvalue weighted by molar-refractivity contribution is 5.88. The van der Waals surface area contributed by atoms with E-state index in [1.54, 1.807) is 0 Å². The van der Waals surface area contributed by atoms with Crippen LogP contribution in [0.25, 0.3) is 0 Å². The molecule has 162 valence electrons. The maximum Gasteiger partial charge on any atom is 0.326 e. The molecule has 3 aliphatic carbocycles. The second-order valence-electron chi connectivity index (χ2n) is 9.12. The number of hydrogen-bond acceptors (Lipinski definition) is 4. The largest absolute Gasteiger partial charge is 0.480 e. The van der Waals surface area contributed by atoms with E-state index in [2.05, 4.69) is 16.0 Å². The van der Waals surface area contributed by atoms with Crippen molar-refractivity contribution in [1.29, 1.82) is 0 Å². The summed E-state index contributed by atoms with van der Waals surface area (Å²) in [6.45, 7) is 0.844. The predicted octanol–water partition coefficient (Wildman–Crippen LogP) is 1.62. The minimum absolute atomic E-state index is 0.0234. The molecule has 0 unspecified atom stereocenters. The number of benzene rings is 1. The van der Waals surface area contributed by atoms with Gasteiger partial charge in [0.2, 0.25) is 11.8 Å². The SMILES string of the molecule is O=C(O)[C@H](Cc1ccccc1)NC(=O)[C@@H]1CC2CCC1(NC(=O)[C@@H]1CCCN1)CC2. The van der Waals surface area contributed by atoms with Gasteiger partial charge in [-0.1, -0.05) is 30.3 Å². The van der Waals surface area contributed by atoms with Crippen LogP contribution in [0.5, 0.6) is 0 Å². The summed E-state index contributed by atoms with van der Waals surface area (Å²) in [5.74, 6) is -1.22. The van der Waals surface area contributed by atoms with Gasteiger partial charge >= 0.3 is 5.97 Å². The minimum atomic E-state index is -1.04. The Morgan fingerprint density at radius 3 is 2.47 bits per heavy atom. The van der Waals surface area contributed by atoms with Gasteiger partial charge in [0, 0.05) is 6.42 Å². The highest BCUT2D eigenvalue weighted by Crippen LogP contribution is 2.48. The Bertz CT molecular complexity index is 783. The maximum atomic E-state index is 13.3. The van der Waals surface area contributed by atoms with Crippen molar-refractivity contribution in [2.24, 2.45) is 11.8 Å². The summed E-state index contributed by atoms with van der Waals surface area (Å²) < 4.78 is 0. The van der Waals surface area contributed by atoms with E-state index < -0.39 is 17.6 Å². The van der Waals surface area contributed by atoms with E-state index >= 15 is 0 Å². The zero-order valence-corrected chi connectivity index (χ0v) is 17.2. The Labute approximate surface area is 177 Å². The summed E-state index contributed by atoms with van der Waals surface area (Å²) in [7, 11) is 0. The van der Waals surface area contributed by atoms with E-state index in [-0.39, 0.29) is 30.2 Å². The lowest BCUT2D eigenvalue weighted by molar-refractivity contribution is -0.145. The Morgan fingerprint density at radius 1 is 1.10 bits per heavy atom. The first kappa shape index (κ1) is 20.8. The van der Waals surface area contributed by atoms with Crippen molar-refractivity contribution in [3.63, 3.8) is 0 Å². The van der Waals surface area contributed by atoms with Gasteiger partial charge in [0.15, 0.2) is 0 Å². The van der Waals surface area contributed by atoms with Crippen molar-refractivity contribution in [3.05, 3.63) is 35.9 Å². The number of aliphatic carboxylic acids is 1. The lowest BCUT2D eigenvalue weighted by atomic mass is 9.59. The number of carboxylic acids is 1. The van der Waals surface area contributed by atoms with Crippen LogP contribution in [-0.4, -0.2) is 47.1 Å². The molecule has 1 aromatic carbocycles. The third-order valence-corrected chi connectivity index (χ3v) is 7.20. The molecule has 0 aromatic heterocycles. The van der Waals surface area contributed by atoms with Crippen molar-refractivity contribution in [2.45, 2.75) is 69.0 Å². The molecule has 4 aliphatic rings. The number of carbonyl (C=O) groups is 3. The van der Waals surface area contributed by atoms with E-state index in [0.29, 0.717) is 12.3 Å². The minimum Gasteiger partial charge on any atom is -0.480 e. The summed E-state index contributed by atoms with van der Waals surface area (Å²) in [4.78, 5) is 37.9. The number of carbonyl (C=O) groups excluding carboxylic acids is 2. The number of hydrogen-bond donors (Lipinski definition) is 4. The van der Waals surface area contributed by atoms with Crippen molar-refractivity contribution >= 4 is 17.8 Å². The maximum absolute atomic E-state index is 13.3. The van der Waals surface area contributed by atoms with Crippen LogP contribution in [0.1, 0.15) is 50.5 Å². The molecule has 1 saturated heterocycles. The highest BCUT2D eigenvalue weighted by atomic mass is 16.4. The molecule has 4 N–H and O–H groups in total. The topological polar surface area (TPSA) is 108 Å². The molecular weight excluding hydrogens is 382 g/mol. The molecule has 7 heteroatoms. The standard InChI is InChI=1S/C23H31N3O4/c27-20(25-19(22(29)30)14-15-5-2-1-3-6-15)17-13-16-8-10-23(17,11-9-16)26-21(28)18-7-4-12-24-18/h1-3,5-6,16-19,24H,4,7-14H2,(H,25,27)(H,26,28)(H,29,30)/t16?,17-,18-,19-,23?/m0/s1. The third kappa shape index (κ3) is 4.36. The van der Waals surface area contributed by atoms with Gasteiger partial charge in [0.25, 0.3) is 0 Å². The molecular formula is C23H31N3O4. The van der Waals surface area contributed by atoms with Gasteiger partial charge in [-0.2, -0.15) is 0 Å². The molecule has 30 heavy (non-hydrogen) atoms. The smallest absolute Gasteiger partial charge is 0.326 e. The van der Waals surface area contributed by atoms with E-state index in [1.807, 2.05) is 30.3 Å². The predicted molar refractivity (Wildman–Crippen MR) is 112 cm³/mol. The first-order valence-electron chi connectivity index (χ1n) is 11.1. The number of fused-ring (bicyclic) bond motifs is 3. The Balaban J connectivity index is 1.47. The van der Waals surface area contributed by atoms with Gasteiger partial charge in [-0.15, -0.1) is 0 Å². The van der Waals surface area contributed by atoms with E-state index in [1.165, 1.54) is 0 Å². The average molecular weight is 414 g/mol. The number of nitrogens with one attached hydrogen (secondary N) is 3. The van der Waals surface area contributed by atoms with Crippen LogP contribution in [0.2, 0.25) is 0 Å². The summed E-state index contributed by atoms with van der Waals surface area (Å²) in [6, 6.07) is 8.15. The van der Waals surface area contributed by atoms with Crippen LogP contribution in [0.4, 0.5) is 0 Å². The van der Waals surface area contributed by atoms with Gasteiger partial charge in [0.1, 0.15) is 6.04 Å². The fourth-order valence-corrected chi connectivity index (χ4v) is 5.47.